The topological polar surface area (TPSA) is 44.3 Å². The van der Waals surface area contributed by atoms with Crippen LogP contribution in [0.15, 0.2) is 95.4 Å². The van der Waals surface area contributed by atoms with Gasteiger partial charge in [0.25, 0.3) is 0 Å². The Labute approximate surface area is 241 Å². The molecule has 0 fully saturated rings. The maximum absolute atomic E-state index is 5.80. The Hall–Kier alpha value is -3.37. The number of likely N-dealkylation sites (N-methyl/N-ethyl adjacent to an activating group) is 1. The van der Waals surface area contributed by atoms with Crippen LogP contribution < -0.4 is 16.0 Å². The third-order valence-electron chi connectivity index (χ3n) is 9.23. The molecule has 2 aromatic rings. The lowest BCUT2D eigenvalue weighted by Gasteiger charge is -2.25. The largest absolute Gasteiger partial charge is 0.385 e. The zero-order valence-corrected chi connectivity index (χ0v) is 25.3. The van der Waals surface area contributed by atoms with E-state index in [1.165, 1.54) is 50.8 Å². The number of benzene rings is 2. The lowest BCUT2D eigenvalue weighted by Crippen LogP contribution is -2.27. The van der Waals surface area contributed by atoms with Crippen molar-refractivity contribution in [3.63, 3.8) is 0 Å². The zero-order chi connectivity index (χ0) is 28.5. The smallest absolute Gasteiger partial charge is 0.209 e. The molecule has 0 unspecified atom stereocenters. The lowest BCUT2D eigenvalue weighted by molar-refractivity contribution is -0.401. The minimum atomic E-state index is -0.0253. The number of nitrogens with one attached hydrogen (secondary N) is 1. The highest BCUT2D eigenvalue weighted by atomic mass is 15.2. The molecule has 40 heavy (non-hydrogen) atoms. The van der Waals surface area contributed by atoms with Crippen LogP contribution in [0.4, 0.5) is 11.4 Å². The third-order valence-corrected chi connectivity index (χ3v) is 9.23. The Morgan fingerprint density at radius 2 is 1.62 bits per heavy atom. The van der Waals surface area contributed by atoms with Crippen molar-refractivity contribution in [1.82, 2.24) is 5.32 Å². The van der Waals surface area contributed by atoms with E-state index >= 15 is 0 Å². The van der Waals surface area contributed by atoms with Crippen LogP contribution in [0.3, 0.4) is 0 Å². The normalized spacial score (nSPS) is 21.6. The van der Waals surface area contributed by atoms with Crippen LogP contribution >= 0.6 is 0 Å². The second-order valence-corrected chi connectivity index (χ2v) is 12.5. The number of nitrogens with zero attached hydrogens (tertiary/aromatic N) is 2. The molecule has 0 amide bonds. The summed E-state index contributed by atoms with van der Waals surface area (Å²) in [4.78, 5) is 2.36. The van der Waals surface area contributed by atoms with Gasteiger partial charge in [-0.25, -0.2) is 0 Å². The first-order chi connectivity index (χ1) is 19.2. The Morgan fingerprint density at radius 1 is 0.900 bits per heavy atom. The van der Waals surface area contributed by atoms with E-state index in [4.69, 9.17) is 5.73 Å². The second kappa shape index (κ2) is 11.2. The lowest BCUT2D eigenvalue weighted by atomic mass is 9.81. The van der Waals surface area contributed by atoms with Gasteiger partial charge in [0, 0.05) is 53.8 Å². The zero-order valence-electron chi connectivity index (χ0n) is 25.3. The number of unbranched alkanes of at least 4 members (excludes halogenated alkanes) is 1. The van der Waals surface area contributed by atoms with Crippen LogP contribution in [0.1, 0.15) is 70.9 Å². The monoisotopic (exact) mass is 535 g/mol. The van der Waals surface area contributed by atoms with Gasteiger partial charge in [-0.05, 0) is 81.3 Å². The quantitative estimate of drug-likeness (QED) is 0.276. The number of rotatable bonds is 8. The van der Waals surface area contributed by atoms with Crippen LogP contribution in [0, 0.1) is 0 Å². The van der Waals surface area contributed by atoms with Gasteiger partial charge in [0.1, 0.15) is 7.05 Å². The molecule has 2 aliphatic heterocycles. The Kier molecular flexibility index (Phi) is 7.92. The van der Waals surface area contributed by atoms with Crippen molar-refractivity contribution in [2.45, 2.75) is 70.6 Å². The first-order valence-corrected chi connectivity index (χ1v) is 15.0. The molecule has 0 atom stereocenters. The Balaban J connectivity index is 1.50. The summed E-state index contributed by atoms with van der Waals surface area (Å²) in [7, 11) is 4.40. The third kappa shape index (κ3) is 4.99. The Bertz CT molecular complexity index is 1430. The summed E-state index contributed by atoms with van der Waals surface area (Å²) in [6.45, 7) is 11.0. The Morgan fingerprint density at radius 3 is 2.35 bits per heavy atom. The molecule has 3 N–H and O–H groups in total. The van der Waals surface area contributed by atoms with E-state index in [1.54, 1.807) is 0 Å². The van der Waals surface area contributed by atoms with Crippen LogP contribution in [0.25, 0.3) is 0 Å². The fourth-order valence-corrected chi connectivity index (χ4v) is 6.93. The van der Waals surface area contributed by atoms with E-state index in [2.05, 4.69) is 129 Å². The molecule has 210 valence electrons. The van der Waals surface area contributed by atoms with Gasteiger partial charge in [0.15, 0.2) is 5.71 Å². The molecule has 2 aromatic carbocycles. The molecule has 4 heteroatoms. The van der Waals surface area contributed by atoms with Crippen molar-refractivity contribution >= 4 is 17.1 Å². The summed E-state index contributed by atoms with van der Waals surface area (Å²) in [5.74, 6) is 0. The van der Waals surface area contributed by atoms with E-state index in [-0.39, 0.29) is 10.8 Å². The minimum Gasteiger partial charge on any atom is -0.385 e. The second-order valence-electron chi connectivity index (χ2n) is 12.5. The average Bonchev–Trinajstić information content (AvgIpc) is 3.27. The van der Waals surface area contributed by atoms with Crippen molar-refractivity contribution in [3.8, 4) is 0 Å². The summed E-state index contributed by atoms with van der Waals surface area (Å²) in [5, 5.41) is 3.84. The summed E-state index contributed by atoms with van der Waals surface area (Å²) in [6.07, 6.45) is 15.0. The SMILES string of the molecule is CN1C(=CC=C2CCCC(C=CC3=[N+](C)c4ccccc4C3(C)C)=C2NCCCCN)C(C)(C)c2ccccc21. The molecule has 0 aromatic heterocycles. The number of hydrogen-bond donors (Lipinski definition) is 2. The predicted octanol–water partition coefficient (Wildman–Crippen LogP) is 7.25. The van der Waals surface area contributed by atoms with Crippen LogP contribution in [0.2, 0.25) is 0 Å². The highest BCUT2D eigenvalue weighted by molar-refractivity contribution is 6.03. The molecule has 2 heterocycles. The number of hydrogen-bond acceptors (Lipinski definition) is 3. The average molecular weight is 536 g/mol. The number of para-hydroxylation sites is 2. The van der Waals surface area contributed by atoms with Crippen LogP contribution in [0.5, 0.6) is 0 Å². The summed E-state index contributed by atoms with van der Waals surface area (Å²) >= 11 is 0. The number of fused-ring (bicyclic) bond motifs is 2. The van der Waals surface area contributed by atoms with Crippen molar-refractivity contribution in [2.24, 2.45) is 5.73 Å². The highest BCUT2D eigenvalue weighted by Gasteiger charge is 2.42. The van der Waals surface area contributed by atoms with Gasteiger partial charge >= 0.3 is 0 Å². The fraction of sp³-hybridized carbons (Fsp3) is 0.417. The number of anilines is 1. The van der Waals surface area contributed by atoms with Gasteiger partial charge in [-0.3, -0.25) is 0 Å². The van der Waals surface area contributed by atoms with Gasteiger partial charge in [0.05, 0.1) is 5.41 Å². The molecular formula is C36H47N4+. The van der Waals surface area contributed by atoms with E-state index in [9.17, 15) is 0 Å². The standard InChI is InChI=1S/C36H46N4/c1-35(2)28-16-7-9-18-30(28)39(5)32(35)22-20-26-14-13-15-27(34(26)38-25-12-11-24-37)21-23-33-36(3,4)29-17-8-10-19-31(29)40(33)6/h7-10,16-23H,11-15,24-25,37H2,1-6H3/p+1. The molecule has 0 saturated heterocycles. The van der Waals surface area contributed by atoms with Crippen molar-refractivity contribution in [1.29, 1.82) is 0 Å². The van der Waals surface area contributed by atoms with E-state index in [0.29, 0.717) is 0 Å². The molecule has 5 rings (SSSR count). The molecule has 1 aliphatic carbocycles. The van der Waals surface area contributed by atoms with Gasteiger partial charge in [-0.2, -0.15) is 4.58 Å². The van der Waals surface area contributed by atoms with Crippen molar-refractivity contribution in [3.05, 3.63) is 107 Å². The number of nitrogens with two attached hydrogens (primary N) is 1. The summed E-state index contributed by atoms with van der Waals surface area (Å²) in [5.41, 5.74) is 18.0. The fourth-order valence-electron chi connectivity index (χ4n) is 6.93. The minimum absolute atomic E-state index is 0.0253. The maximum atomic E-state index is 5.80. The highest BCUT2D eigenvalue weighted by Crippen LogP contribution is 2.47. The molecule has 4 nitrogen and oxygen atoms in total. The summed E-state index contributed by atoms with van der Waals surface area (Å²) in [6, 6.07) is 17.6. The van der Waals surface area contributed by atoms with Crippen LogP contribution in [-0.2, 0) is 10.8 Å². The van der Waals surface area contributed by atoms with E-state index < -0.39 is 0 Å². The van der Waals surface area contributed by atoms with E-state index in [0.717, 1.165) is 45.2 Å². The molecule has 3 aliphatic rings. The molecule has 0 radical (unpaired) electrons. The predicted molar refractivity (Wildman–Crippen MR) is 171 cm³/mol. The molecule has 0 spiro atoms. The van der Waals surface area contributed by atoms with Gasteiger partial charge < -0.3 is 16.0 Å². The van der Waals surface area contributed by atoms with Gasteiger partial charge in [-0.1, -0.05) is 62.4 Å². The molecule has 0 saturated carbocycles. The van der Waals surface area contributed by atoms with Crippen molar-refractivity contribution < 1.29 is 4.58 Å². The molecule has 0 bridgehead atoms. The number of allylic oxidation sites excluding steroid dienone is 7. The molecular weight excluding hydrogens is 488 g/mol. The van der Waals surface area contributed by atoms with Gasteiger partial charge in [-0.15, -0.1) is 0 Å². The van der Waals surface area contributed by atoms with Crippen LogP contribution in [-0.4, -0.2) is 37.5 Å². The first kappa shape index (κ1) is 28.2. The first-order valence-electron chi connectivity index (χ1n) is 15.0. The van der Waals surface area contributed by atoms with Gasteiger partial charge in [0.2, 0.25) is 5.69 Å². The maximum Gasteiger partial charge on any atom is 0.209 e. The van der Waals surface area contributed by atoms with Crippen molar-refractivity contribution in [2.75, 3.05) is 32.1 Å². The van der Waals surface area contributed by atoms with E-state index in [1.807, 2.05) is 0 Å². The summed E-state index contributed by atoms with van der Waals surface area (Å²) < 4.78 is 2.36.